The van der Waals surface area contributed by atoms with E-state index in [-0.39, 0.29) is 12.3 Å². The number of aromatic nitrogens is 3. The predicted molar refractivity (Wildman–Crippen MR) is 89.9 cm³/mol. The Balaban J connectivity index is 1.67. The van der Waals surface area contributed by atoms with E-state index in [1.807, 2.05) is 47.2 Å². The van der Waals surface area contributed by atoms with E-state index in [2.05, 4.69) is 15.3 Å². The smallest absolute Gasteiger partial charge is 0.224 e. The molecule has 0 saturated heterocycles. The van der Waals surface area contributed by atoms with Crippen LogP contribution in [0.4, 0.5) is 0 Å². The number of hydrogen-bond acceptors (Lipinski definition) is 4. The van der Waals surface area contributed by atoms with Gasteiger partial charge in [0.1, 0.15) is 17.9 Å². The molecule has 0 fully saturated rings. The summed E-state index contributed by atoms with van der Waals surface area (Å²) in [6.45, 7) is 0.398. The fourth-order valence-electron chi connectivity index (χ4n) is 2.46. The minimum Gasteiger partial charge on any atom is -0.496 e. The van der Waals surface area contributed by atoms with Gasteiger partial charge >= 0.3 is 0 Å². The first-order valence-corrected chi connectivity index (χ1v) is 7.58. The highest BCUT2D eigenvalue weighted by Gasteiger charge is 2.10. The molecule has 122 valence electrons. The zero-order chi connectivity index (χ0) is 16.8. The van der Waals surface area contributed by atoms with Gasteiger partial charge in [-0.2, -0.15) is 0 Å². The summed E-state index contributed by atoms with van der Waals surface area (Å²) < 4.78 is 7.10. The van der Waals surface area contributed by atoms with Gasteiger partial charge in [-0.1, -0.05) is 24.3 Å². The average Bonchev–Trinajstić information content (AvgIpc) is 3.15. The Morgan fingerprint density at radius 1 is 1.17 bits per heavy atom. The van der Waals surface area contributed by atoms with E-state index in [9.17, 15) is 4.79 Å². The molecule has 24 heavy (non-hydrogen) atoms. The lowest BCUT2D eigenvalue weighted by atomic mass is 10.1. The van der Waals surface area contributed by atoms with Crippen LogP contribution in [0.2, 0.25) is 0 Å². The maximum absolute atomic E-state index is 12.2. The summed E-state index contributed by atoms with van der Waals surface area (Å²) in [7, 11) is 1.60. The second-order valence-electron chi connectivity index (χ2n) is 5.22. The van der Waals surface area contributed by atoms with Crippen molar-refractivity contribution in [1.82, 2.24) is 19.9 Å². The van der Waals surface area contributed by atoms with Gasteiger partial charge in [0.15, 0.2) is 0 Å². The largest absolute Gasteiger partial charge is 0.496 e. The molecule has 0 spiro atoms. The van der Waals surface area contributed by atoms with E-state index in [1.54, 1.807) is 25.8 Å². The van der Waals surface area contributed by atoms with Crippen molar-refractivity contribution in [2.24, 2.45) is 0 Å². The number of rotatable bonds is 6. The van der Waals surface area contributed by atoms with Crippen LogP contribution in [-0.2, 0) is 17.8 Å². The Morgan fingerprint density at radius 3 is 2.79 bits per heavy atom. The molecule has 0 aliphatic heterocycles. The van der Waals surface area contributed by atoms with E-state index in [0.29, 0.717) is 12.3 Å². The molecule has 0 unspecified atom stereocenters. The van der Waals surface area contributed by atoms with Gasteiger partial charge < -0.3 is 10.1 Å². The third-order valence-electron chi connectivity index (χ3n) is 3.64. The first kappa shape index (κ1) is 15.7. The molecule has 1 amide bonds. The van der Waals surface area contributed by atoms with Gasteiger partial charge in [0, 0.05) is 36.3 Å². The summed E-state index contributed by atoms with van der Waals surface area (Å²) >= 11 is 0. The molecule has 0 bridgehead atoms. The summed E-state index contributed by atoms with van der Waals surface area (Å²) in [6, 6.07) is 11.3. The lowest BCUT2D eigenvalue weighted by Crippen LogP contribution is -2.25. The molecule has 0 saturated carbocycles. The molecule has 3 aromatic rings. The first-order chi connectivity index (χ1) is 11.8. The molecule has 6 heteroatoms. The number of hydrogen-bond donors (Lipinski definition) is 1. The van der Waals surface area contributed by atoms with Gasteiger partial charge in [0.05, 0.1) is 13.5 Å². The van der Waals surface area contributed by atoms with E-state index < -0.39 is 0 Å². The topological polar surface area (TPSA) is 69.0 Å². The number of ether oxygens (including phenoxy) is 1. The van der Waals surface area contributed by atoms with Gasteiger partial charge in [0.25, 0.3) is 0 Å². The van der Waals surface area contributed by atoms with Gasteiger partial charge in [-0.3, -0.25) is 9.36 Å². The van der Waals surface area contributed by atoms with Crippen LogP contribution < -0.4 is 10.1 Å². The van der Waals surface area contributed by atoms with Crippen molar-refractivity contribution in [2.45, 2.75) is 13.0 Å². The number of benzene rings is 1. The molecule has 0 atom stereocenters. The van der Waals surface area contributed by atoms with Crippen molar-refractivity contribution in [3.8, 4) is 11.6 Å². The predicted octanol–water partition coefficient (Wildman–Crippen LogP) is 2.13. The fourth-order valence-corrected chi connectivity index (χ4v) is 2.46. The lowest BCUT2D eigenvalue weighted by molar-refractivity contribution is -0.120. The second kappa shape index (κ2) is 7.41. The Kier molecular flexibility index (Phi) is 4.86. The minimum absolute atomic E-state index is 0.0695. The van der Waals surface area contributed by atoms with Crippen LogP contribution in [0.15, 0.2) is 61.3 Å². The maximum Gasteiger partial charge on any atom is 0.224 e. The van der Waals surface area contributed by atoms with Crippen LogP contribution >= 0.6 is 0 Å². The van der Waals surface area contributed by atoms with E-state index in [0.717, 1.165) is 16.9 Å². The van der Waals surface area contributed by atoms with Gasteiger partial charge in [0.2, 0.25) is 5.91 Å². The number of carbonyl (C=O) groups is 1. The van der Waals surface area contributed by atoms with Gasteiger partial charge in [-0.05, 0) is 12.1 Å². The molecule has 6 nitrogen and oxygen atoms in total. The molecule has 0 aliphatic carbocycles. The summed E-state index contributed by atoms with van der Waals surface area (Å²) in [5, 5.41) is 2.93. The zero-order valence-electron chi connectivity index (χ0n) is 13.3. The second-order valence-corrected chi connectivity index (χ2v) is 5.22. The number of nitrogens with one attached hydrogen (secondary N) is 1. The van der Waals surface area contributed by atoms with Crippen LogP contribution in [0.5, 0.6) is 5.75 Å². The number of nitrogens with zero attached hydrogens (tertiary/aromatic N) is 3. The van der Waals surface area contributed by atoms with E-state index in [4.69, 9.17) is 4.74 Å². The standard InChI is InChI=1S/C18H18N4O2/c1-24-16-7-3-2-5-14(16)11-17(23)21-12-15-6-4-8-20-18(15)22-10-9-19-13-22/h2-10,13H,11-12H2,1H3,(H,21,23). The number of carbonyl (C=O) groups excluding carboxylic acids is 1. The van der Waals surface area contributed by atoms with E-state index >= 15 is 0 Å². The molecule has 1 aromatic carbocycles. The Hall–Kier alpha value is -3.15. The van der Waals surface area contributed by atoms with Crippen LogP contribution in [0, 0.1) is 0 Å². The lowest BCUT2D eigenvalue weighted by Gasteiger charge is -2.11. The number of para-hydroxylation sites is 1. The van der Waals surface area contributed by atoms with Crippen molar-refractivity contribution in [2.75, 3.05) is 7.11 Å². The Morgan fingerprint density at radius 2 is 2.00 bits per heavy atom. The quantitative estimate of drug-likeness (QED) is 0.755. The summed E-state index contributed by atoms with van der Waals surface area (Å²) in [4.78, 5) is 20.6. The van der Waals surface area contributed by atoms with Crippen LogP contribution in [0.25, 0.3) is 5.82 Å². The molecular formula is C18H18N4O2. The Labute approximate surface area is 140 Å². The van der Waals surface area contributed by atoms with Crippen molar-refractivity contribution < 1.29 is 9.53 Å². The number of amides is 1. The SMILES string of the molecule is COc1ccccc1CC(=O)NCc1cccnc1-n1ccnc1. The number of methoxy groups -OCH3 is 1. The van der Waals surface area contributed by atoms with Crippen molar-refractivity contribution >= 4 is 5.91 Å². The molecule has 2 heterocycles. The van der Waals surface area contributed by atoms with Crippen molar-refractivity contribution in [1.29, 1.82) is 0 Å². The summed E-state index contributed by atoms with van der Waals surface area (Å²) in [6.07, 6.45) is 7.18. The highest BCUT2D eigenvalue weighted by Crippen LogP contribution is 2.17. The highest BCUT2D eigenvalue weighted by molar-refractivity contribution is 5.79. The first-order valence-electron chi connectivity index (χ1n) is 7.58. The van der Waals surface area contributed by atoms with Crippen LogP contribution in [0.1, 0.15) is 11.1 Å². The molecule has 3 rings (SSSR count). The zero-order valence-corrected chi connectivity index (χ0v) is 13.3. The number of imidazole rings is 1. The molecule has 2 aromatic heterocycles. The summed E-state index contributed by atoms with van der Waals surface area (Å²) in [5.74, 6) is 1.40. The van der Waals surface area contributed by atoms with Crippen molar-refractivity contribution in [3.05, 3.63) is 72.4 Å². The normalized spacial score (nSPS) is 10.4. The molecule has 0 radical (unpaired) electrons. The average molecular weight is 322 g/mol. The third-order valence-corrected chi connectivity index (χ3v) is 3.64. The van der Waals surface area contributed by atoms with Gasteiger partial charge in [-0.15, -0.1) is 0 Å². The minimum atomic E-state index is -0.0695. The maximum atomic E-state index is 12.2. The fraction of sp³-hybridized carbons (Fsp3) is 0.167. The Bertz CT molecular complexity index is 815. The number of pyridine rings is 1. The van der Waals surface area contributed by atoms with Crippen LogP contribution in [0.3, 0.4) is 0 Å². The van der Waals surface area contributed by atoms with Crippen LogP contribution in [-0.4, -0.2) is 27.6 Å². The third kappa shape index (κ3) is 3.60. The monoisotopic (exact) mass is 322 g/mol. The summed E-state index contributed by atoms with van der Waals surface area (Å²) in [5.41, 5.74) is 1.78. The molecular weight excluding hydrogens is 304 g/mol. The highest BCUT2D eigenvalue weighted by atomic mass is 16.5. The van der Waals surface area contributed by atoms with E-state index in [1.165, 1.54) is 0 Å². The molecule has 0 aliphatic rings. The molecule has 1 N–H and O–H groups in total. The van der Waals surface area contributed by atoms with Gasteiger partial charge in [-0.25, -0.2) is 9.97 Å². The van der Waals surface area contributed by atoms with Crippen molar-refractivity contribution in [3.63, 3.8) is 0 Å².